The van der Waals surface area contributed by atoms with E-state index in [-0.39, 0.29) is 22.2 Å². The Labute approximate surface area is 157 Å². The minimum atomic E-state index is -0.175. The van der Waals surface area contributed by atoms with Gasteiger partial charge in [-0.1, -0.05) is 29.5 Å². The predicted octanol–water partition coefficient (Wildman–Crippen LogP) is 4.53. The van der Waals surface area contributed by atoms with Crippen LogP contribution in [0.15, 0.2) is 40.3 Å². The van der Waals surface area contributed by atoms with Crippen molar-refractivity contribution >= 4 is 5.70 Å². The number of nitrogens with zero attached hydrogens (tertiary/aromatic N) is 4. The summed E-state index contributed by atoms with van der Waals surface area (Å²) in [5.41, 5.74) is 7.59. The topological polar surface area (TPSA) is 43.2 Å². The van der Waals surface area contributed by atoms with Crippen LogP contribution in [0.2, 0.25) is 0 Å². The summed E-state index contributed by atoms with van der Waals surface area (Å²) in [4.78, 5) is 2.71. The third-order valence-corrected chi connectivity index (χ3v) is 6.84. The van der Waals surface area contributed by atoms with E-state index in [9.17, 15) is 0 Å². The molecule has 0 amide bonds. The Bertz CT molecular complexity index is 827. The molecule has 0 radical (unpaired) electrons. The molecule has 1 atom stereocenters. The summed E-state index contributed by atoms with van der Waals surface area (Å²) in [6.45, 7) is 18.6. The van der Waals surface area contributed by atoms with Gasteiger partial charge in [0, 0.05) is 16.6 Å². The van der Waals surface area contributed by atoms with Crippen molar-refractivity contribution < 1.29 is 0 Å². The van der Waals surface area contributed by atoms with Crippen molar-refractivity contribution in [3.8, 4) is 0 Å². The van der Waals surface area contributed by atoms with Crippen molar-refractivity contribution in [3.05, 3.63) is 41.1 Å². The third kappa shape index (κ3) is 1.95. The molecule has 0 aromatic heterocycles. The summed E-state index contributed by atoms with van der Waals surface area (Å²) >= 11 is 0. The molecule has 1 aromatic carbocycles. The van der Waals surface area contributed by atoms with Crippen molar-refractivity contribution in [2.75, 3.05) is 0 Å². The standard InChI is InChI=1S/C21H31N5/c1-18(2,3)26-20(6,7)19(4,5)25-17-16(22-23-24-25)15-12-10-9-11-14(15)13-21(17,26)8/h9-12H,13H2,1-8H3,(H,22,24). The Balaban J connectivity index is 2.08. The molecule has 4 rings (SSSR count). The lowest BCUT2D eigenvalue weighted by atomic mass is 9.65. The first-order chi connectivity index (χ1) is 11.9. The Morgan fingerprint density at radius 3 is 2.31 bits per heavy atom. The lowest BCUT2D eigenvalue weighted by Crippen LogP contribution is -2.82. The summed E-state index contributed by atoms with van der Waals surface area (Å²) in [6.07, 6.45) is 0.965. The van der Waals surface area contributed by atoms with E-state index in [0.29, 0.717) is 0 Å². The highest BCUT2D eigenvalue weighted by Crippen LogP contribution is 2.56. The monoisotopic (exact) mass is 353 g/mol. The molecule has 3 aliphatic rings. The molecular weight excluding hydrogens is 322 g/mol. The van der Waals surface area contributed by atoms with E-state index in [2.05, 4.69) is 105 Å². The van der Waals surface area contributed by atoms with Gasteiger partial charge >= 0.3 is 0 Å². The molecule has 1 N–H and O–H groups in total. The molecular formula is C21H31N5. The van der Waals surface area contributed by atoms with Crippen LogP contribution in [0.1, 0.15) is 66.5 Å². The van der Waals surface area contributed by atoms with Crippen LogP contribution < -0.4 is 5.53 Å². The highest BCUT2D eigenvalue weighted by molar-refractivity contribution is 5.75. The summed E-state index contributed by atoms with van der Waals surface area (Å²) in [6, 6.07) is 8.63. The lowest BCUT2D eigenvalue weighted by Gasteiger charge is -2.70. The van der Waals surface area contributed by atoms with Gasteiger partial charge in [0.15, 0.2) is 0 Å². The molecule has 1 aliphatic carbocycles. The van der Waals surface area contributed by atoms with Crippen LogP contribution in [0, 0.1) is 0 Å². The molecule has 0 saturated carbocycles. The van der Waals surface area contributed by atoms with Gasteiger partial charge in [0.2, 0.25) is 0 Å². The number of piperazine rings is 1. The van der Waals surface area contributed by atoms with E-state index < -0.39 is 0 Å². The second kappa shape index (κ2) is 4.89. The van der Waals surface area contributed by atoms with E-state index in [1.54, 1.807) is 0 Å². The van der Waals surface area contributed by atoms with Gasteiger partial charge in [-0.15, -0.1) is 5.11 Å². The van der Waals surface area contributed by atoms with Gasteiger partial charge < -0.3 is 0 Å². The number of rotatable bonds is 0. The van der Waals surface area contributed by atoms with Gasteiger partial charge in [-0.05, 0) is 67.4 Å². The predicted molar refractivity (Wildman–Crippen MR) is 105 cm³/mol. The van der Waals surface area contributed by atoms with E-state index in [1.165, 1.54) is 16.8 Å². The number of hydrogen-bond donors (Lipinski definition) is 1. The van der Waals surface area contributed by atoms with Crippen molar-refractivity contribution in [3.63, 3.8) is 0 Å². The van der Waals surface area contributed by atoms with E-state index in [4.69, 9.17) is 0 Å². The van der Waals surface area contributed by atoms with Crippen LogP contribution in [0.5, 0.6) is 0 Å². The van der Waals surface area contributed by atoms with Crippen LogP contribution in [-0.2, 0) is 6.42 Å². The number of hydrogen-bond acceptors (Lipinski definition) is 5. The molecule has 5 heteroatoms. The third-order valence-electron chi connectivity index (χ3n) is 6.84. The van der Waals surface area contributed by atoms with E-state index in [0.717, 1.165) is 12.1 Å². The van der Waals surface area contributed by atoms with Crippen molar-refractivity contribution in [2.24, 2.45) is 10.3 Å². The van der Waals surface area contributed by atoms with E-state index >= 15 is 0 Å². The summed E-state index contributed by atoms with van der Waals surface area (Å²) < 4.78 is 0. The molecule has 2 heterocycles. The molecule has 1 aromatic rings. The van der Waals surface area contributed by atoms with Gasteiger partial charge in [0.25, 0.3) is 0 Å². The number of hydrazine groups is 1. The van der Waals surface area contributed by atoms with Crippen molar-refractivity contribution in [1.82, 2.24) is 15.4 Å². The van der Waals surface area contributed by atoms with Crippen LogP contribution in [0.4, 0.5) is 0 Å². The Morgan fingerprint density at radius 1 is 1.00 bits per heavy atom. The van der Waals surface area contributed by atoms with Gasteiger partial charge in [-0.3, -0.25) is 9.91 Å². The second-order valence-corrected chi connectivity index (χ2v) is 10.1. The zero-order valence-corrected chi connectivity index (χ0v) is 17.3. The quantitative estimate of drug-likeness (QED) is 0.745. The van der Waals surface area contributed by atoms with Gasteiger partial charge in [-0.25, -0.2) is 0 Å². The Morgan fingerprint density at radius 2 is 1.65 bits per heavy atom. The molecule has 0 spiro atoms. The highest BCUT2D eigenvalue weighted by Gasteiger charge is 2.64. The second-order valence-electron chi connectivity index (χ2n) is 10.1. The molecule has 26 heavy (non-hydrogen) atoms. The average molecular weight is 354 g/mol. The van der Waals surface area contributed by atoms with Gasteiger partial charge in [0.1, 0.15) is 5.70 Å². The Kier molecular flexibility index (Phi) is 3.29. The molecule has 140 valence electrons. The zero-order chi connectivity index (χ0) is 19.1. The van der Waals surface area contributed by atoms with Gasteiger partial charge in [0.05, 0.1) is 16.8 Å². The zero-order valence-electron chi connectivity index (χ0n) is 17.3. The molecule has 0 bridgehead atoms. The maximum atomic E-state index is 4.58. The van der Waals surface area contributed by atoms with Crippen LogP contribution in [-0.4, -0.2) is 32.1 Å². The fourth-order valence-electron chi connectivity index (χ4n) is 5.69. The van der Waals surface area contributed by atoms with Crippen LogP contribution in [0.3, 0.4) is 0 Å². The first-order valence-electron chi connectivity index (χ1n) is 9.52. The van der Waals surface area contributed by atoms with Crippen LogP contribution in [0.25, 0.3) is 5.70 Å². The molecule has 1 fully saturated rings. The summed E-state index contributed by atoms with van der Waals surface area (Å²) in [7, 11) is 0. The van der Waals surface area contributed by atoms with Crippen LogP contribution >= 0.6 is 0 Å². The maximum Gasteiger partial charge on any atom is 0.118 e. The normalized spacial score (nSPS) is 29.2. The summed E-state index contributed by atoms with van der Waals surface area (Å²) in [5, 5.41) is 11.1. The molecule has 5 nitrogen and oxygen atoms in total. The number of fused-ring (bicyclic) bond motifs is 2. The smallest absolute Gasteiger partial charge is 0.118 e. The highest BCUT2D eigenvalue weighted by atomic mass is 15.8. The fourth-order valence-corrected chi connectivity index (χ4v) is 5.69. The largest absolute Gasteiger partial charge is 0.280 e. The summed E-state index contributed by atoms with van der Waals surface area (Å²) in [5.74, 6) is 0. The minimum absolute atomic E-state index is 0.000589. The molecule has 2 aliphatic heterocycles. The first kappa shape index (κ1) is 17.5. The lowest BCUT2D eigenvalue weighted by molar-refractivity contribution is -0.175. The molecule has 1 unspecified atom stereocenters. The SMILES string of the molecule is CC(C)(C)N1C2(C)Cc3ccccc3C3=C2N(NN=N3)C(C)(C)C1(C)C. The van der Waals surface area contributed by atoms with Crippen molar-refractivity contribution in [2.45, 2.75) is 84.0 Å². The van der Waals surface area contributed by atoms with E-state index in [1.807, 2.05) is 0 Å². The number of nitrogens with one attached hydrogen (secondary N) is 1. The molecule has 1 saturated heterocycles. The fraction of sp³-hybridized carbons (Fsp3) is 0.619. The van der Waals surface area contributed by atoms with Gasteiger partial charge in [-0.2, -0.15) is 5.53 Å². The van der Waals surface area contributed by atoms with Crippen molar-refractivity contribution in [1.29, 1.82) is 0 Å². The number of benzene rings is 1. The minimum Gasteiger partial charge on any atom is -0.280 e. The first-order valence-corrected chi connectivity index (χ1v) is 9.52. The average Bonchev–Trinajstić information content (AvgIpc) is 2.51. The Hall–Kier alpha value is -1.88. The maximum absolute atomic E-state index is 4.58.